The summed E-state index contributed by atoms with van der Waals surface area (Å²) in [6.07, 6.45) is 0.937. The van der Waals surface area contributed by atoms with Crippen LogP contribution in [0.15, 0.2) is 18.2 Å². The molecule has 108 valence electrons. The lowest BCUT2D eigenvalue weighted by molar-refractivity contribution is 0.0705. The number of hydrogen-bond donors (Lipinski definition) is 1. The van der Waals surface area contributed by atoms with E-state index >= 15 is 0 Å². The first-order valence-corrected chi connectivity index (χ1v) is 7.02. The van der Waals surface area contributed by atoms with Crippen molar-refractivity contribution in [3.05, 3.63) is 34.9 Å². The highest BCUT2D eigenvalue weighted by Gasteiger charge is 2.19. The molecule has 0 fully saturated rings. The average Bonchev–Trinajstić information content (AvgIpc) is 2.42. The van der Waals surface area contributed by atoms with Crippen LogP contribution in [0.3, 0.4) is 0 Å². The molecule has 1 N–H and O–H groups in total. The number of carbonyl (C=O) groups excluding carboxylic acids is 1. The van der Waals surface area contributed by atoms with Gasteiger partial charge in [-0.2, -0.15) is 0 Å². The first kappa shape index (κ1) is 16.3. The second kappa shape index (κ2) is 7.72. The zero-order valence-electron chi connectivity index (χ0n) is 12.7. The highest BCUT2D eigenvalue weighted by molar-refractivity contribution is 5.96. The SMILES string of the molecule is CCCN(C(=O)c1cc(C#CCO)ccc1C)C(C)C. The standard InChI is InChI=1S/C17H23NO2/c1-5-10-18(13(2)3)17(20)16-12-15(7-6-11-19)9-8-14(16)4/h8-9,12-13,19H,5,10-11H2,1-4H3. The number of nitrogens with zero attached hydrogens (tertiary/aromatic N) is 1. The molecular weight excluding hydrogens is 250 g/mol. The van der Waals surface area contributed by atoms with Gasteiger partial charge in [-0.15, -0.1) is 0 Å². The molecule has 0 heterocycles. The molecule has 0 saturated carbocycles. The van der Waals surface area contributed by atoms with Gasteiger partial charge in [-0.05, 0) is 44.9 Å². The smallest absolute Gasteiger partial charge is 0.254 e. The van der Waals surface area contributed by atoms with Crippen molar-refractivity contribution in [2.24, 2.45) is 0 Å². The van der Waals surface area contributed by atoms with Crippen LogP contribution in [-0.4, -0.2) is 35.1 Å². The predicted molar refractivity (Wildman–Crippen MR) is 81.6 cm³/mol. The van der Waals surface area contributed by atoms with E-state index in [1.54, 1.807) is 0 Å². The molecule has 0 atom stereocenters. The van der Waals surface area contributed by atoms with Gasteiger partial charge in [0, 0.05) is 23.7 Å². The summed E-state index contributed by atoms with van der Waals surface area (Å²) in [4.78, 5) is 14.5. The minimum atomic E-state index is -0.175. The van der Waals surface area contributed by atoms with Crippen LogP contribution in [0.1, 0.15) is 48.7 Å². The van der Waals surface area contributed by atoms with E-state index in [1.807, 2.05) is 43.9 Å². The first-order chi connectivity index (χ1) is 9.51. The Bertz CT molecular complexity index is 524. The largest absolute Gasteiger partial charge is 0.384 e. The van der Waals surface area contributed by atoms with Crippen molar-refractivity contribution in [3.63, 3.8) is 0 Å². The molecule has 0 radical (unpaired) electrons. The fourth-order valence-corrected chi connectivity index (χ4v) is 2.06. The van der Waals surface area contributed by atoms with E-state index in [0.717, 1.165) is 24.1 Å². The number of aliphatic hydroxyl groups is 1. The number of carbonyl (C=O) groups is 1. The molecule has 0 aliphatic heterocycles. The quantitative estimate of drug-likeness (QED) is 0.857. The predicted octanol–water partition coefficient (Wildman–Crippen LogP) is 2.60. The van der Waals surface area contributed by atoms with Crippen LogP contribution in [0.4, 0.5) is 0 Å². The van der Waals surface area contributed by atoms with Crippen LogP contribution in [0.25, 0.3) is 0 Å². The fraction of sp³-hybridized carbons (Fsp3) is 0.471. The van der Waals surface area contributed by atoms with Crippen LogP contribution < -0.4 is 0 Å². The number of benzene rings is 1. The van der Waals surface area contributed by atoms with Crippen LogP contribution in [0.5, 0.6) is 0 Å². The Balaban J connectivity index is 3.13. The van der Waals surface area contributed by atoms with Crippen molar-refractivity contribution < 1.29 is 9.90 Å². The van der Waals surface area contributed by atoms with E-state index in [0.29, 0.717) is 5.56 Å². The van der Waals surface area contributed by atoms with Crippen molar-refractivity contribution >= 4 is 5.91 Å². The molecule has 0 saturated heterocycles. The van der Waals surface area contributed by atoms with Crippen molar-refractivity contribution in [1.82, 2.24) is 4.90 Å². The van der Waals surface area contributed by atoms with E-state index in [1.165, 1.54) is 0 Å². The number of amides is 1. The Morgan fingerprint density at radius 2 is 2.10 bits per heavy atom. The number of rotatable bonds is 4. The number of hydrogen-bond acceptors (Lipinski definition) is 2. The zero-order chi connectivity index (χ0) is 15.1. The first-order valence-electron chi connectivity index (χ1n) is 7.02. The van der Waals surface area contributed by atoms with Gasteiger partial charge in [0.25, 0.3) is 5.91 Å². The fourth-order valence-electron chi connectivity index (χ4n) is 2.06. The summed E-state index contributed by atoms with van der Waals surface area (Å²) >= 11 is 0. The molecule has 3 heteroatoms. The van der Waals surface area contributed by atoms with Crippen LogP contribution in [-0.2, 0) is 0 Å². The normalized spacial score (nSPS) is 10.1. The summed E-state index contributed by atoms with van der Waals surface area (Å²) in [5.74, 6) is 5.50. The second-order valence-electron chi connectivity index (χ2n) is 5.08. The van der Waals surface area contributed by atoms with Crippen molar-refractivity contribution in [2.45, 2.75) is 40.2 Å². The molecule has 0 aromatic heterocycles. The summed E-state index contributed by atoms with van der Waals surface area (Å²) in [7, 11) is 0. The lowest BCUT2D eigenvalue weighted by atomic mass is 10.0. The van der Waals surface area contributed by atoms with Gasteiger partial charge in [-0.3, -0.25) is 4.79 Å². The van der Waals surface area contributed by atoms with Gasteiger partial charge in [-0.1, -0.05) is 24.8 Å². The zero-order valence-corrected chi connectivity index (χ0v) is 12.7. The minimum absolute atomic E-state index is 0.0481. The topological polar surface area (TPSA) is 40.5 Å². The van der Waals surface area contributed by atoms with E-state index in [9.17, 15) is 4.79 Å². The van der Waals surface area contributed by atoms with Crippen LogP contribution in [0, 0.1) is 18.8 Å². The van der Waals surface area contributed by atoms with Gasteiger partial charge in [0.05, 0.1) is 0 Å². The van der Waals surface area contributed by atoms with E-state index in [2.05, 4.69) is 18.8 Å². The Hall–Kier alpha value is -1.79. The molecule has 0 aliphatic carbocycles. The summed E-state index contributed by atoms with van der Waals surface area (Å²) < 4.78 is 0. The molecule has 1 rings (SSSR count). The molecule has 0 bridgehead atoms. The van der Waals surface area contributed by atoms with Gasteiger partial charge >= 0.3 is 0 Å². The molecule has 1 amide bonds. The number of aliphatic hydroxyl groups excluding tert-OH is 1. The van der Waals surface area contributed by atoms with Crippen LogP contribution >= 0.6 is 0 Å². The summed E-state index contributed by atoms with van der Waals surface area (Å²) in [6, 6.07) is 5.76. The van der Waals surface area contributed by atoms with Gasteiger partial charge < -0.3 is 10.0 Å². The highest BCUT2D eigenvalue weighted by Crippen LogP contribution is 2.15. The third-order valence-corrected chi connectivity index (χ3v) is 3.13. The van der Waals surface area contributed by atoms with Gasteiger partial charge in [0.15, 0.2) is 0 Å². The average molecular weight is 273 g/mol. The lowest BCUT2D eigenvalue weighted by Gasteiger charge is -2.27. The molecule has 0 unspecified atom stereocenters. The van der Waals surface area contributed by atoms with E-state index in [4.69, 9.17) is 5.11 Å². The Morgan fingerprint density at radius 3 is 2.65 bits per heavy atom. The van der Waals surface area contributed by atoms with Crippen LogP contribution in [0.2, 0.25) is 0 Å². The molecule has 1 aromatic rings. The third-order valence-electron chi connectivity index (χ3n) is 3.13. The van der Waals surface area contributed by atoms with Gasteiger partial charge in [0.2, 0.25) is 0 Å². The Kier molecular flexibility index (Phi) is 6.27. The van der Waals surface area contributed by atoms with Crippen molar-refractivity contribution in [2.75, 3.05) is 13.2 Å². The maximum atomic E-state index is 12.7. The van der Waals surface area contributed by atoms with Gasteiger partial charge in [0.1, 0.15) is 6.61 Å². The molecule has 1 aromatic carbocycles. The Morgan fingerprint density at radius 1 is 1.40 bits per heavy atom. The monoisotopic (exact) mass is 273 g/mol. The molecule has 0 aliphatic rings. The third kappa shape index (κ3) is 4.11. The van der Waals surface area contributed by atoms with Crippen molar-refractivity contribution in [3.8, 4) is 11.8 Å². The molecule has 20 heavy (non-hydrogen) atoms. The molecule has 0 spiro atoms. The summed E-state index contributed by atoms with van der Waals surface area (Å²) in [5, 5.41) is 8.74. The maximum absolute atomic E-state index is 12.7. The van der Waals surface area contributed by atoms with Gasteiger partial charge in [-0.25, -0.2) is 0 Å². The minimum Gasteiger partial charge on any atom is -0.384 e. The van der Waals surface area contributed by atoms with Crippen molar-refractivity contribution in [1.29, 1.82) is 0 Å². The highest BCUT2D eigenvalue weighted by atomic mass is 16.2. The second-order valence-corrected chi connectivity index (χ2v) is 5.08. The molecule has 3 nitrogen and oxygen atoms in total. The maximum Gasteiger partial charge on any atom is 0.254 e. The lowest BCUT2D eigenvalue weighted by Crippen LogP contribution is -2.37. The summed E-state index contributed by atoms with van der Waals surface area (Å²) in [5.41, 5.74) is 2.40. The number of aryl methyl sites for hydroxylation is 1. The molecular formula is C17H23NO2. The Labute approximate surface area is 121 Å². The van der Waals surface area contributed by atoms with E-state index < -0.39 is 0 Å². The summed E-state index contributed by atoms with van der Waals surface area (Å²) in [6.45, 7) is 8.63. The van der Waals surface area contributed by atoms with E-state index in [-0.39, 0.29) is 18.6 Å².